The number of aromatic amines is 1. The molecule has 0 saturated heterocycles. The summed E-state index contributed by atoms with van der Waals surface area (Å²) in [7, 11) is 0. The molecule has 0 aromatic carbocycles. The molecule has 1 unspecified atom stereocenters. The van der Waals surface area contributed by atoms with E-state index in [-0.39, 0.29) is 5.56 Å². The van der Waals surface area contributed by atoms with Gasteiger partial charge in [0.1, 0.15) is 5.82 Å². The molecule has 1 aliphatic rings. The first-order chi connectivity index (χ1) is 6.70. The first kappa shape index (κ1) is 9.40. The summed E-state index contributed by atoms with van der Waals surface area (Å²) < 4.78 is 0. The van der Waals surface area contributed by atoms with Gasteiger partial charge in [-0.1, -0.05) is 0 Å². The Labute approximate surface area is 82.6 Å². The van der Waals surface area contributed by atoms with Crippen LogP contribution < -0.4 is 11.3 Å². The van der Waals surface area contributed by atoms with Gasteiger partial charge in [-0.2, -0.15) is 0 Å². The third-order valence-corrected chi connectivity index (χ3v) is 2.84. The Morgan fingerprint density at radius 1 is 1.64 bits per heavy atom. The zero-order chi connectivity index (χ0) is 10.1. The molecule has 76 valence electrons. The Hall–Kier alpha value is -1.16. The number of hydrogen-bond donors (Lipinski definition) is 2. The minimum absolute atomic E-state index is 0.0305. The van der Waals surface area contributed by atoms with Crippen molar-refractivity contribution in [1.82, 2.24) is 9.97 Å². The molecule has 0 spiro atoms. The number of aromatic nitrogens is 2. The van der Waals surface area contributed by atoms with E-state index in [1.165, 1.54) is 0 Å². The number of aryl methyl sites for hydroxylation is 1. The highest BCUT2D eigenvalue weighted by Crippen LogP contribution is 2.20. The lowest BCUT2D eigenvalue weighted by Gasteiger charge is -2.21. The van der Waals surface area contributed by atoms with Gasteiger partial charge in [-0.3, -0.25) is 4.79 Å². The van der Waals surface area contributed by atoms with Crippen molar-refractivity contribution in [2.24, 2.45) is 11.7 Å². The normalized spacial score (nSPS) is 20.6. The summed E-state index contributed by atoms with van der Waals surface area (Å²) in [5.74, 6) is 1.20. The van der Waals surface area contributed by atoms with E-state index < -0.39 is 0 Å². The molecular weight excluding hydrogens is 178 g/mol. The lowest BCUT2D eigenvalue weighted by atomic mass is 9.87. The SMILES string of the molecule is Cc1nc2c(c(=O)[nH]1)CCC(CN)C2. The van der Waals surface area contributed by atoms with Crippen molar-refractivity contribution in [2.75, 3.05) is 6.54 Å². The second-order valence-corrected chi connectivity index (χ2v) is 3.92. The molecule has 0 amide bonds. The molecule has 4 nitrogen and oxygen atoms in total. The number of fused-ring (bicyclic) bond motifs is 1. The summed E-state index contributed by atoms with van der Waals surface area (Å²) in [6, 6.07) is 0. The minimum Gasteiger partial charge on any atom is -0.330 e. The molecule has 1 aliphatic carbocycles. The van der Waals surface area contributed by atoms with Crippen molar-refractivity contribution < 1.29 is 0 Å². The van der Waals surface area contributed by atoms with Gasteiger partial charge in [0.2, 0.25) is 0 Å². The van der Waals surface area contributed by atoms with Crippen LogP contribution >= 0.6 is 0 Å². The molecule has 0 aliphatic heterocycles. The van der Waals surface area contributed by atoms with Gasteiger partial charge in [0.05, 0.1) is 5.69 Å². The number of nitrogens with zero attached hydrogens (tertiary/aromatic N) is 1. The van der Waals surface area contributed by atoms with Crippen molar-refractivity contribution in [3.05, 3.63) is 27.4 Å². The van der Waals surface area contributed by atoms with Crippen LogP contribution in [0.2, 0.25) is 0 Å². The molecule has 4 heteroatoms. The summed E-state index contributed by atoms with van der Waals surface area (Å²) in [6.07, 6.45) is 2.69. The van der Waals surface area contributed by atoms with Gasteiger partial charge in [0.15, 0.2) is 0 Å². The molecule has 0 bridgehead atoms. The van der Waals surface area contributed by atoms with E-state index in [0.29, 0.717) is 18.3 Å². The van der Waals surface area contributed by atoms with Gasteiger partial charge < -0.3 is 10.7 Å². The van der Waals surface area contributed by atoms with E-state index >= 15 is 0 Å². The Bertz CT molecular complexity index is 397. The van der Waals surface area contributed by atoms with E-state index in [4.69, 9.17) is 5.73 Å². The fourth-order valence-electron chi connectivity index (χ4n) is 2.02. The van der Waals surface area contributed by atoms with E-state index in [1.807, 2.05) is 6.92 Å². The summed E-state index contributed by atoms with van der Waals surface area (Å²) in [5, 5.41) is 0. The van der Waals surface area contributed by atoms with E-state index in [0.717, 1.165) is 30.5 Å². The molecule has 3 N–H and O–H groups in total. The van der Waals surface area contributed by atoms with E-state index in [2.05, 4.69) is 9.97 Å². The number of hydrogen-bond acceptors (Lipinski definition) is 3. The van der Waals surface area contributed by atoms with Crippen LogP contribution in [-0.4, -0.2) is 16.5 Å². The van der Waals surface area contributed by atoms with Crippen LogP contribution in [0.3, 0.4) is 0 Å². The van der Waals surface area contributed by atoms with Crippen LogP contribution in [-0.2, 0) is 12.8 Å². The van der Waals surface area contributed by atoms with Crippen molar-refractivity contribution in [1.29, 1.82) is 0 Å². The van der Waals surface area contributed by atoms with Crippen LogP contribution in [0.15, 0.2) is 4.79 Å². The molecule has 0 saturated carbocycles. The van der Waals surface area contributed by atoms with Gasteiger partial charge in [0, 0.05) is 5.56 Å². The molecule has 1 aromatic heterocycles. The fraction of sp³-hybridized carbons (Fsp3) is 0.600. The molecule has 1 aromatic rings. The Kier molecular flexibility index (Phi) is 2.37. The Morgan fingerprint density at radius 2 is 2.43 bits per heavy atom. The molecule has 1 heterocycles. The highest BCUT2D eigenvalue weighted by Gasteiger charge is 2.21. The zero-order valence-electron chi connectivity index (χ0n) is 8.34. The largest absolute Gasteiger partial charge is 0.330 e. The number of nitrogens with one attached hydrogen (secondary N) is 1. The average molecular weight is 193 g/mol. The predicted molar refractivity (Wildman–Crippen MR) is 54.2 cm³/mol. The highest BCUT2D eigenvalue weighted by atomic mass is 16.1. The van der Waals surface area contributed by atoms with Gasteiger partial charge in [-0.25, -0.2) is 4.98 Å². The van der Waals surface area contributed by atoms with E-state index in [9.17, 15) is 4.79 Å². The molecule has 1 atom stereocenters. The first-order valence-electron chi connectivity index (χ1n) is 4.99. The van der Waals surface area contributed by atoms with Crippen molar-refractivity contribution in [3.63, 3.8) is 0 Å². The van der Waals surface area contributed by atoms with Gasteiger partial charge in [0.25, 0.3) is 5.56 Å². The minimum atomic E-state index is 0.0305. The topological polar surface area (TPSA) is 71.8 Å². The molecule has 14 heavy (non-hydrogen) atoms. The molecular formula is C10H15N3O. The third kappa shape index (κ3) is 1.57. The maximum absolute atomic E-state index is 11.6. The number of H-pyrrole nitrogens is 1. The van der Waals surface area contributed by atoms with Gasteiger partial charge in [-0.15, -0.1) is 0 Å². The van der Waals surface area contributed by atoms with Gasteiger partial charge in [-0.05, 0) is 38.6 Å². The van der Waals surface area contributed by atoms with Crippen LogP contribution in [0, 0.1) is 12.8 Å². The summed E-state index contributed by atoms with van der Waals surface area (Å²) >= 11 is 0. The van der Waals surface area contributed by atoms with Crippen molar-refractivity contribution in [3.8, 4) is 0 Å². The van der Waals surface area contributed by atoms with Crippen LogP contribution in [0.25, 0.3) is 0 Å². The maximum atomic E-state index is 11.6. The monoisotopic (exact) mass is 193 g/mol. The Morgan fingerprint density at radius 3 is 3.14 bits per heavy atom. The Balaban J connectivity index is 2.42. The van der Waals surface area contributed by atoms with Crippen molar-refractivity contribution >= 4 is 0 Å². The lowest BCUT2D eigenvalue weighted by molar-refractivity contribution is 0.457. The second-order valence-electron chi connectivity index (χ2n) is 3.92. The highest BCUT2D eigenvalue weighted by molar-refractivity contribution is 5.21. The lowest BCUT2D eigenvalue weighted by Crippen LogP contribution is -2.29. The van der Waals surface area contributed by atoms with Crippen LogP contribution in [0.4, 0.5) is 0 Å². The third-order valence-electron chi connectivity index (χ3n) is 2.84. The zero-order valence-corrected chi connectivity index (χ0v) is 8.34. The maximum Gasteiger partial charge on any atom is 0.254 e. The van der Waals surface area contributed by atoms with Crippen LogP contribution in [0.5, 0.6) is 0 Å². The van der Waals surface area contributed by atoms with Gasteiger partial charge >= 0.3 is 0 Å². The summed E-state index contributed by atoms with van der Waals surface area (Å²) in [6.45, 7) is 2.50. The smallest absolute Gasteiger partial charge is 0.254 e. The first-order valence-corrected chi connectivity index (χ1v) is 4.99. The molecule has 0 radical (unpaired) electrons. The number of rotatable bonds is 1. The molecule has 2 rings (SSSR count). The number of nitrogens with two attached hydrogens (primary N) is 1. The quantitative estimate of drug-likeness (QED) is 0.666. The summed E-state index contributed by atoms with van der Waals surface area (Å²) in [4.78, 5) is 18.6. The van der Waals surface area contributed by atoms with Crippen LogP contribution in [0.1, 0.15) is 23.5 Å². The summed E-state index contributed by atoms with van der Waals surface area (Å²) in [5.41, 5.74) is 7.47. The average Bonchev–Trinajstić information content (AvgIpc) is 2.16. The predicted octanol–water partition coefficient (Wildman–Crippen LogP) is 0.142. The standard InChI is InChI=1S/C10H15N3O/c1-6-12-9-4-7(5-11)2-3-8(9)10(14)13-6/h7H,2-5,11H2,1H3,(H,12,13,14). The molecule has 0 fully saturated rings. The fourth-order valence-corrected chi connectivity index (χ4v) is 2.02. The van der Waals surface area contributed by atoms with Crippen molar-refractivity contribution in [2.45, 2.75) is 26.2 Å². The second kappa shape index (κ2) is 3.53. The van der Waals surface area contributed by atoms with E-state index in [1.54, 1.807) is 0 Å².